The Hall–Kier alpha value is 0.150. The second-order valence-corrected chi connectivity index (χ2v) is 15.5. The quantitative estimate of drug-likeness (QED) is 0.276. The number of fused-ring (bicyclic) bond motifs is 1. The first-order valence-corrected chi connectivity index (χ1v) is 14.8. The molecule has 0 bridgehead atoms. The summed E-state index contributed by atoms with van der Waals surface area (Å²) in [5, 5.41) is 2.66. The largest absolute Gasteiger partial charge is 1.00 e. The van der Waals surface area contributed by atoms with Crippen LogP contribution in [0.1, 0.15) is 35.6 Å². The van der Waals surface area contributed by atoms with Gasteiger partial charge in [0.25, 0.3) is 0 Å². The van der Waals surface area contributed by atoms with Crippen LogP contribution in [0.25, 0.3) is 10.8 Å². The third-order valence-corrected chi connectivity index (χ3v) is 7.55. The molecule has 3 rings (SSSR count). The fourth-order valence-electron chi connectivity index (χ4n) is 2.42. The van der Waals surface area contributed by atoms with Crippen molar-refractivity contribution in [2.24, 2.45) is 0 Å². The van der Waals surface area contributed by atoms with Crippen LogP contribution >= 0.6 is 11.1 Å². The van der Waals surface area contributed by atoms with Gasteiger partial charge < -0.3 is 24.8 Å². The molecule has 0 saturated carbocycles. The number of rotatable bonds is 2. The van der Waals surface area contributed by atoms with Gasteiger partial charge in [0.05, 0.1) is 0 Å². The van der Waals surface area contributed by atoms with Crippen molar-refractivity contribution in [2.45, 2.75) is 47.1 Å². The van der Waals surface area contributed by atoms with Crippen LogP contribution in [-0.2, 0) is 23.3 Å². The maximum Gasteiger partial charge on any atom is -0.0630 e. The van der Waals surface area contributed by atoms with Crippen LogP contribution in [0.15, 0.2) is 48.5 Å². The number of halogens is 3. The van der Waals surface area contributed by atoms with E-state index in [9.17, 15) is 0 Å². The fourth-order valence-corrected chi connectivity index (χ4v) is 5.27. The van der Waals surface area contributed by atoms with Crippen LogP contribution in [0.3, 0.4) is 0 Å². The summed E-state index contributed by atoms with van der Waals surface area (Å²) in [5.41, 5.74) is 5.75. The Bertz CT molecular complexity index is 722. The normalized spacial score (nSPS) is 9.08. The molecule has 5 heteroatoms. The average molecular weight is 505 g/mol. The molecule has 0 spiro atoms. The summed E-state index contributed by atoms with van der Waals surface area (Å²) in [6.07, 6.45) is 1.27. The summed E-state index contributed by atoms with van der Waals surface area (Å²) in [6.45, 7) is 10.9. The Morgan fingerprint density at radius 1 is 1.12 bits per heavy atom. The number of hydrogen-bond donors (Lipinski definition) is 0. The summed E-state index contributed by atoms with van der Waals surface area (Å²) >= 11 is 7.27. The summed E-state index contributed by atoms with van der Waals surface area (Å²) in [4.78, 5) is 0. The molecule has 0 aromatic heterocycles. The minimum Gasteiger partial charge on any atom is -1.00 e. The molecule has 0 saturated heterocycles. The number of aryl methyl sites for hydroxylation is 2. The number of benzene rings is 1. The molecule has 0 amide bonds. The summed E-state index contributed by atoms with van der Waals surface area (Å²) in [5.74, 6) is 0. The molecule has 0 aliphatic heterocycles. The summed E-state index contributed by atoms with van der Waals surface area (Å²) in [6, 6.07) is 18.2. The van der Waals surface area contributed by atoms with Gasteiger partial charge >= 0.3 is 58.5 Å². The van der Waals surface area contributed by atoms with E-state index in [4.69, 9.17) is 11.1 Å². The van der Waals surface area contributed by atoms with E-state index in [0.717, 1.165) is 0 Å². The Morgan fingerprint density at radius 3 is 2.08 bits per heavy atom. The van der Waals surface area contributed by atoms with Crippen LogP contribution in [0.4, 0.5) is 0 Å². The van der Waals surface area contributed by atoms with Gasteiger partial charge in [-0.2, -0.15) is 45.8 Å². The number of hydrogen-bond acceptors (Lipinski definition) is 0. The first kappa shape index (κ1) is 28.4. The molecule has 26 heavy (non-hydrogen) atoms. The van der Waals surface area contributed by atoms with Crippen molar-refractivity contribution < 1.29 is 48.1 Å². The third-order valence-electron chi connectivity index (χ3n) is 4.20. The molecule has 3 aromatic rings. The van der Waals surface area contributed by atoms with Gasteiger partial charge in [0.2, 0.25) is 0 Å². The van der Waals surface area contributed by atoms with Crippen molar-refractivity contribution in [3.05, 3.63) is 70.8 Å². The van der Waals surface area contributed by atoms with E-state index >= 15 is 0 Å². The predicted molar refractivity (Wildman–Crippen MR) is 107 cm³/mol. The van der Waals surface area contributed by atoms with Gasteiger partial charge in [-0.25, -0.2) is 0 Å². The van der Waals surface area contributed by atoms with E-state index < -0.39 is 0 Å². The first-order chi connectivity index (χ1) is 11.4. The van der Waals surface area contributed by atoms with Crippen LogP contribution < -0.4 is 24.8 Å². The molecule has 142 valence electrons. The van der Waals surface area contributed by atoms with Crippen molar-refractivity contribution in [3.63, 3.8) is 0 Å². The molecule has 0 aliphatic rings. The smallest absolute Gasteiger partial charge is 0.0630 e. The molecule has 0 aliphatic carbocycles. The van der Waals surface area contributed by atoms with E-state index in [1.54, 1.807) is 23.3 Å². The van der Waals surface area contributed by atoms with Gasteiger partial charge in [-0.05, 0) is 0 Å². The Labute approximate surface area is 191 Å². The van der Waals surface area contributed by atoms with Gasteiger partial charge in [-0.3, -0.25) is 0 Å². The van der Waals surface area contributed by atoms with Crippen LogP contribution in [0.2, 0.25) is 6.04 Å². The zero-order valence-corrected chi connectivity index (χ0v) is 21.9. The van der Waals surface area contributed by atoms with Crippen LogP contribution in [0, 0.1) is 27.7 Å². The molecule has 0 radical (unpaired) electrons. The monoisotopic (exact) mass is 502 g/mol. The molecule has 3 aromatic carbocycles. The average Bonchev–Trinajstić information content (AvgIpc) is 3.10. The zero-order valence-electron chi connectivity index (χ0n) is 16.2. The summed E-state index contributed by atoms with van der Waals surface area (Å²) in [7, 11) is 0. The molecule has 0 nitrogen and oxygen atoms in total. The van der Waals surface area contributed by atoms with Gasteiger partial charge in [-0.15, -0.1) is 29.7 Å². The first-order valence-electron chi connectivity index (χ1n) is 8.40. The predicted octanol–water partition coefficient (Wildman–Crippen LogP) is 0.876. The maximum atomic E-state index is 5.72. The van der Waals surface area contributed by atoms with Crippen molar-refractivity contribution in [1.82, 2.24) is 0 Å². The minimum atomic E-state index is -0.323. The Kier molecular flexibility index (Phi) is 16.5. The van der Waals surface area contributed by atoms with Crippen LogP contribution in [0.5, 0.6) is 0 Å². The van der Waals surface area contributed by atoms with Crippen molar-refractivity contribution in [1.29, 1.82) is 0 Å². The van der Waals surface area contributed by atoms with Crippen molar-refractivity contribution in [3.8, 4) is 0 Å². The van der Waals surface area contributed by atoms with E-state index in [0.29, 0.717) is 0 Å². The van der Waals surface area contributed by atoms with Crippen molar-refractivity contribution >= 4 is 26.6 Å². The standard InChI is InChI=1S/C9H7.C9H13.C3H7ClSi.2ClH.Zr/c1-2-5-9-7-3-6-8(9)4-1;1-6-5-7(2)9(4)8(6)3;1-2-3-5-4;;;/h1-7H;5H,1-4H3;2-3H2,1H3;2*1H;/q2*-1;;;;+2/p-2. The van der Waals surface area contributed by atoms with Crippen molar-refractivity contribution in [2.75, 3.05) is 0 Å². The molecular weight excluding hydrogens is 478 g/mol. The SMILES string of the molecule is CCC[Si](Cl)=[Zr+2].Cc1c[c-](C)c(C)c1C.[Cl-].[Cl-].c1ccc2[cH-]ccc2c1. The Balaban J connectivity index is 0. The minimum absolute atomic E-state index is 0. The van der Waals surface area contributed by atoms with E-state index in [2.05, 4.69) is 83.1 Å². The third kappa shape index (κ3) is 9.90. The summed E-state index contributed by atoms with van der Waals surface area (Å²) < 4.78 is -0.323. The second-order valence-electron chi connectivity index (χ2n) is 6.07. The zero-order chi connectivity index (χ0) is 18.1. The molecular formula is C21H27Cl3SiZr-2. The molecule has 0 atom stereocenters. The molecule has 0 N–H and O–H groups in total. The van der Waals surface area contributed by atoms with E-state index in [1.165, 1.54) is 45.5 Å². The van der Waals surface area contributed by atoms with Gasteiger partial charge in [0.1, 0.15) is 0 Å². The van der Waals surface area contributed by atoms with Gasteiger partial charge in [-0.1, -0.05) is 33.8 Å². The Morgan fingerprint density at radius 2 is 1.73 bits per heavy atom. The van der Waals surface area contributed by atoms with Gasteiger partial charge in [0.15, 0.2) is 0 Å². The van der Waals surface area contributed by atoms with Crippen LogP contribution in [-0.4, -0.2) is 4.74 Å². The molecule has 0 unspecified atom stereocenters. The molecule has 0 heterocycles. The molecule has 0 fully saturated rings. The van der Waals surface area contributed by atoms with E-state index in [-0.39, 0.29) is 29.6 Å². The fraction of sp³-hybridized carbons (Fsp3) is 0.333. The maximum absolute atomic E-state index is 5.72. The second kappa shape index (κ2) is 15.1. The van der Waals surface area contributed by atoms with E-state index in [1.807, 2.05) is 0 Å². The topological polar surface area (TPSA) is 0 Å². The van der Waals surface area contributed by atoms with Gasteiger partial charge in [0, 0.05) is 0 Å².